The molecule has 1 amide bonds. The summed E-state index contributed by atoms with van der Waals surface area (Å²) in [6.45, 7) is 8.39. The van der Waals surface area contributed by atoms with Crippen LogP contribution in [0.25, 0.3) is 0 Å². The van der Waals surface area contributed by atoms with E-state index in [0.717, 1.165) is 17.7 Å². The van der Waals surface area contributed by atoms with Crippen molar-refractivity contribution in [2.24, 2.45) is 11.8 Å². The Bertz CT molecular complexity index is 435. The maximum absolute atomic E-state index is 12.0. The van der Waals surface area contributed by atoms with Crippen molar-refractivity contribution >= 4 is 11.6 Å². The van der Waals surface area contributed by atoms with E-state index in [1.54, 1.807) is 0 Å². The van der Waals surface area contributed by atoms with Gasteiger partial charge in [0.1, 0.15) is 0 Å². The van der Waals surface area contributed by atoms with Crippen molar-refractivity contribution in [1.29, 1.82) is 0 Å². The number of amides is 1. The molecule has 1 N–H and O–H groups in total. The third-order valence-corrected chi connectivity index (χ3v) is 3.57. The first kappa shape index (κ1) is 11.2. The molecule has 0 saturated carbocycles. The maximum Gasteiger partial charge on any atom is 0.228 e. The van der Waals surface area contributed by atoms with Crippen LogP contribution in [0.3, 0.4) is 0 Å². The van der Waals surface area contributed by atoms with Crippen LogP contribution in [0.15, 0.2) is 12.1 Å². The molecule has 0 aliphatic carbocycles. The molecule has 1 aromatic rings. The first-order valence-corrected chi connectivity index (χ1v) is 5.90. The van der Waals surface area contributed by atoms with Crippen LogP contribution in [-0.2, 0) is 11.2 Å². The molecular formula is C14H19NO. The molecule has 16 heavy (non-hydrogen) atoms. The molecule has 2 nitrogen and oxygen atoms in total. The summed E-state index contributed by atoms with van der Waals surface area (Å²) in [6, 6.07) is 4.22. The SMILES string of the molecule is Cc1ccc(C)c2c1CC(C(C)C)C(=O)N2. The van der Waals surface area contributed by atoms with Gasteiger partial charge in [-0.25, -0.2) is 0 Å². The lowest BCUT2D eigenvalue weighted by atomic mass is 9.83. The van der Waals surface area contributed by atoms with E-state index in [1.807, 2.05) is 6.92 Å². The summed E-state index contributed by atoms with van der Waals surface area (Å²) < 4.78 is 0. The lowest BCUT2D eigenvalue weighted by Gasteiger charge is -2.29. The van der Waals surface area contributed by atoms with E-state index in [4.69, 9.17) is 0 Å². The Morgan fingerprint density at radius 2 is 1.88 bits per heavy atom. The van der Waals surface area contributed by atoms with Gasteiger partial charge in [-0.3, -0.25) is 4.79 Å². The summed E-state index contributed by atoms with van der Waals surface area (Å²) in [5.74, 6) is 0.692. The lowest BCUT2D eigenvalue weighted by Crippen LogP contribution is -2.34. The minimum absolute atomic E-state index is 0.119. The molecular weight excluding hydrogens is 198 g/mol. The zero-order valence-electron chi connectivity index (χ0n) is 10.4. The number of nitrogens with one attached hydrogen (secondary N) is 1. The number of benzene rings is 1. The number of hydrogen-bond donors (Lipinski definition) is 1. The number of rotatable bonds is 1. The molecule has 0 bridgehead atoms. The predicted octanol–water partition coefficient (Wildman–Crippen LogP) is 3.07. The van der Waals surface area contributed by atoms with Gasteiger partial charge in [0.05, 0.1) is 0 Å². The van der Waals surface area contributed by atoms with Crippen molar-refractivity contribution < 1.29 is 4.79 Å². The number of aryl methyl sites for hydroxylation is 2. The number of fused-ring (bicyclic) bond motifs is 1. The monoisotopic (exact) mass is 217 g/mol. The molecule has 0 radical (unpaired) electrons. The van der Waals surface area contributed by atoms with E-state index >= 15 is 0 Å². The Kier molecular flexibility index (Phi) is 2.75. The molecule has 1 aliphatic rings. The largest absolute Gasteiger partial charge is 0.325 e. The van der Waals surface area contributed by atoms with Gasteiger partial charge in [-0.05, 0) is 42.9 Å². The van der Waals surface area contributed by atoms with Crippen molar-refractivity contribution in [3.63, 3.8) is 0 Å². The minimum Gasteiger partial charge on any atom is -0.325 e. The second kappa shape index (κ2) is 3.93. The summed E-state index contributed by atoms with van der Waals surface area (Å²) in [5, 5.41) is 3.06. The summed E-state index contributed by atoms with van der Waals surface area (Å²) >= 11 is 0. The quantitative estimate of drug-likeness (QED) is 0.769. The van der Waals surface area contributed by atoms with Crippen molar-refractivity contribution in [1.82, 2.24) is 0 Å². The summed E-state index contributed by atoms with van der Waals surface area (Å²) in [4.78, 5) is 12.0. The molecule has 0 saturated heterocycles. The van der Waals surface area contributed by atoms with Crippen molar-refractivity contribution in [3.05, 3.63) is 28.8 Å². The number of carbonyl (C=O) groups excluding carboxylic acids is 1. The second-order valence-corrected chi connectivity index (χ2v) is 5.10. The third kappa shape index (κ3) is 1.73. The van der Waals surface area contributed by atoms with Crippen LogP contribution >= 0.6 is 0 Å². The molecule has 0 fully saturated rings. The Morgan fingerprint density at radius 1 is 1.25 bits per heavy atom. The van der Waals surface area contributed by atoms with Crippen LogP contribution in [0.1, 0.15) is 30.5 Å². The van der Waals surface area contributed by atoms with E-state index < -0.39 is 0 Å². The summed E-state index contributed by atoms with van der Waals surface area (Å²) in [5.41, 5.74) is 4.81. The number of anilines is 1. The van der Waals surface area contributed by atoms with Crippen LogP contribution in [0.5, 0.6) is 0 Å². The smallest absolute Gasteiger partial charge is 0.228 e. The Morgan fingerprint density at radius 3 is 2.50 bits per heavy atom. The highest BCUT2D eigenvalue weighted by atomic mass is 16.1. The van der Waals surface area contributed by atoms with E-state index in [-0.39, 0.29) is 11.8 Å². The van der Waals surface area contributed by atoms with Crippen molar-refractivity contribution in [2.75, 3.05) is 5.32 Å². The minimum atomic E-state index is 0.119. The van der Waals surface area contributed by atoms with Crippen LogP contribution in [0, 0.1) is 25.7 Å². The molecule has 0 aromatic heterocycles. The summed E-state index contributed by atoms with van der Waals surface area (Å²) in [7, 11) is 0. The van der Waals surface area contributed by atoms with E-state index in [0.29, 0.717) is 5.92 Å². The van der Waals surface area contributed by atoms with Gasteiger partial charge in [-0.2, -0.15) is 0 Å². The van der Waals surface area contributed by atoms with Crippen LogP contribution in [0.4, 0.5) is 5.69 Å². The van der Waals surface area contributed by atoms with E-state index in [1.165, 1.54) is 11.1 Å². The average molecular weight is 217 g/mol. The first-order valence-electron chi connectivity index (χ1n) is 5.90. The topological polar surface area (TPSA) is 29.1 Å². The molecule has 1 aromatic carbocycles. The van der Waals surface area contributed by atoms with Gasteiger partial charge in [-0.1, -0.05) is 26.0 Å². The Labute approximate surface area is 97.1 Å². The molecule has 2 rings (SSSR count). The first-order chi connectivity index (χ1) is 7.50. The molecule has 0 spiro atoms. The highest BCUT2D eigenvalue weighted by Gasteiger charge is 2.29. The summed E-state index contributed by atoms with van der Waals surface area (Å²) in [6.07, 6.45) is 0.881. The van der Waals surface area contributed by atoms with Gasteiger partial charge in [0, 0.05) is 11.6 Å². The Hall–Kier alpha value is -1.31. The molecule has 1 aliphatic heterocycles. The standard InChI is InChI=1S/C14H19NO/c1-8(2)11-7-12-9(3)5-6-10(4)13(12)15-14(11)16/h5-6,8,11H,7H2,1-4H3,(H,15,16). The van der Waals surface area contributed by atoms with Gasteiger partial charge in [0.25, 0.3) is 0 Å². The Balaban J connectivity index is 2.46. The van der Waals surface area contributed by atoms with E-state index in [2.05, 4.69) is 38.2 Å². The van der Waals surface area contributed by atoms with Crippen molar-refractivity contribution in [3.8, 4) is 0 Å². The van der Waals surface area contributed by atoms with Gasteiger partial charge in [0.2, 0.25) is 5.91 Å². The molecule has 1 atom stereocenters. The number of hydrogen-bond acceptors (Lipinski definition) is 1. The maximum atomic E-state index is 12.0. The van der Waals surface area contributed by atoms with Crippen molar-refractivity contribution in [2.45, 2.75) is 34.1 Å². The van der Waals surface area contributed by atoms with Crippen LogP contribution in [0.2, 0.25) is 0 Å². The molecule has 1 unspecified atom stereocenters. The second-order valence-electron chi connectivity index (χ2n) is 5.10. The fourth-order valence-electron chi connectivity index (χ4n) is 2.37. The van der Waals surface area contributed by atoms with Gasteiger partial charge in [-0.15, -0.1) is 0 Å². The van der Waals surface area contributed by atoms with E-state index in [9.17, 15) is 4.79 Å². The molecule has 1 heterocycles. The normalized spacial score (nSPS) is 19.6. The fraction of sp³-hybridized carbons (Fsp3) is 0.500. The highest BCUT2D eigenvalue weighted by Crippen LogP contribution is 2.33. The zero-order valence-corrected chi connectivity index (χ0v) is 10.4. The predicted molar refractivity (Wildman–Crippen MR) is 66.6 cm³/mol. The zero-order chi connectivity index (χ0) is 11.9. The highest BCUT2D eigenvalue weighted by molar-refractivity contribution is 5.97. The fourth-order valence-corrected chi connectivity index (χ4v) is 2.37. The lowest BCUT2D eigenvalue weighted by molar-refractivity contribution is -0.121. The number of carbonyl (C=O) groups is 1. The molecule has 86 valence electrons. The van der Waals surface area contributed by atoms with Crippen LogP contribution < -0.4 is 5.32 Å². The third-order valence-electron chi connectivity index (χ3n) is 3.57. The molecule has 2 heteroatoms. The van der Waals surface area contributed by atoms with Gasteiger partial charge >= 0.3 is 0 Å². The van der Waals surface area contributed by atoms with Gasteiger partial charge in [0.15, 0.2) is 0 Å². The average Bonchev–Trinajstić information content (AvgIpc) is 2.23. The van der Waals surface area contributed by atoms with Gasteiger partial charge < -0.3 is 5.32 Å². The van der Waals surface area contributed by atoms with Crippen LogP contribution in [-0.4, -0.2) is 5.91 Å².